The van der Waals surface area contributed by atoms with Gasteiger partial charge in [0.1, 0.15) is 5.60 Å². The molecule has 5 heteroatoms. The SMILES string of the molecule is CC(C)(C)OC(=O)N1CCCC12CCNCC2.Cl. The summed E-state index contributed by atoms with van der Waals surface area (Å²) in [6, 6.07) is 0. The third-order valence-electron chi connectivity index (χ3n) is 3.74. The molecule has 0 aliphatic carbocycles. The van der Waals surface area contributed by atoms with Crippen molar-refractivity contribution < 1.29 is 9.53 Å². The highest BCUT2D eigenvalue weighted by atomic mass is 35.5. The van der Waals surface area contributed by atoms with Crippen LogP contribution in [0.3, 0.4) is 0 Å². The fraction of sp³-hybridized carbons (Fsp3) is 0.923. The van der Waals surface area contributed by atoms with Gasteiger partial charge in [0.25, 0.3) is 0 Å². The first-order valence-electron chi connectivity index (χ1n) is 6.64. The molecule has 0 unspecified atom stereocenters. The van der Waals surface area contributed by atoms with E-state index in [1.165, 1.54) is 0 Å². The van der Waals surface area contributed by atoms with E-state index in [1.807, 2.05) is 25.7 Å². The van der Waals surface area contributed by atoms with Crippen LogP contribution in [0, 0.1) is 0 Å². The van der Waals surface area contributed by atoms with Gasteiger partial charge in [-0.15, -0.1) is 12.4 Å². The Kier molecular flexibility index (Phi) is 4.90. The number of nitrogens with zero attached hydrogens (tertiary/aromatic N) is 1. The highest BCUT2D eigenvalue weighted by molar-refractivity contribution is 5.85. The summed E-state index contributed by atoms with van der Waals surface area (Å²) in [5, 5.41) is 3.36. The van der Waals surface area contributed by atoms with Crippen LogP contribution in [0.1, 0.15) is 46.5 Å². The van der Waals surface area contributed by atoms with Gasteiger partial charge in [0.05, 0.1) is 0 Å². The second-order valence-electron chi connectivity index (χ2n) is 6.21. The molecule has 106 valence electrons. The molecule has 1 spiro atoms. The normalized spacial score (nSPS) is 22.7. The Morgan fingerprint density at radius 3 is 2.39 bits per heavy atom. The number of ether oxygens (including phenoxy) is 1. The maximum atomic E-state index is 12.2. The second kappa shape index (κ2) is 5.66. The largest absolute Gasteiger partial charge is 0.444 e. The van der Waals surface area contributed by atoms with E-state index >= 15 is 0 Å². The number of carbonyl (C=O) groups is 1. The van der Waals surface area contributed by atoms with E-state index in [-0.39, 0.29) is 24.0 Å². The number of rotatable bonds is 0. The topological polar surface area (TPSA) is 41.6 Å². The Hall–Kier alpha value is -0.480. The first-order valence-corrected chi connectivity index (χ1v) is 6.64. The lowest BCUT2D eigenvalue weighted by molar-refractivity contribution is 0.00205. The molecule has 18 heavy (non-hydrogen) atoms. The summed E-state index contributed by atoms with van der Waals surface area (Å²) in [6.45, 7) is 8.66. The van der Waals surface area contributed by atoms with Gasteiger partial charge in [-0.3, -0.25) is 0 Å². The van der Waals surface area contributed by atoms with Crippen molar-refractivity contribution in [3.05, 3.63) is 0 Å². The molecule has 2 rings (SSSR count). The van der Waals surface area contributed by atoms with Gasteiger partial charge in [-0.2, -0.15) is 0 Å². The molecule has 0 aromatic carbocycles. The lowest BCUT2D eigenvalue weighted by atomic mass is 9.86. The first-order chi connectivity index (χ1) is 7.93. The van der Waals surface area contributed by atoms with Crippen molar-refractivity contribution >= 4 is 18.5 Å². The summed E-state index contributed by atoms with van der Waals surface area (Å²) >= 11 is 0. The highest BCUT2D eigenvalue weighted by Gasteiger charge is 2.45. The molecule has 0 radical (unpaired) electrons. The molecule has 2 saturated heterocycles. The molecule has 0 saturated carbocycles. The molecule has 0 atom stereocenters. The van der Waals surface area contributed by atoms with Crippen molar-refractivity contribution in [2.24, 2.45) is 0 Å². The molecule has 1 amide bonds. The van der Waals surface area contributed by atoms with E-state index in [0.717, 1.165) is 45.3 Å². The van der Waals surface area contributed by atoms with Gasteiger partial charge in [-0.05, 0) is 59.5 Å². The number of hydrogen-bond acceptors (Lipinski definition) is 3. The van der Waals surface area contributed by atoms with Gasteiger partial charge in [-0.1, -0.05) is 0 Å². The Labute approximate surface area is 116 Å². The molecule has 0 bridgehead atoms. The fourth-order valence-corrected chi connectivity index (χ4v) is 2.95. The minimum atomic E-state index is -0.395. The summed E-state index contributed by atoms with van der Waals surface area (Å²) in [6.07, 6.45) is 4.24. The quantitative estimate of drug-likeness (QED) is 0.739. The Morgan fingerprint density at radius 2 is 1.83 bits per heavy atom. The predicted octanol–water partition coefficient (Wildman–Crippen LogP) is 2.56. The zero-order chi connectivity index (χ0) is 12.5. The molecule has 0 aromatic rings. The Bertz CT molecular complexity index is 296. The number of carbonyl (C=O) groups excluding carboxylic acids is 1. The van der Waals surface area contributed by atoms with E-state index in [0.29, 0.717) is 0 Å². The number of amides is 1. The van der Waals surface area contributed by atoms with Crippen LogP contribution in [-0.2, 0) is 4.74 Å². The maximum Gasteiger partial charge on any atom is 0.410 e. The van der Waals surface area contributed by atoms with Crippen LogP contribution in [0.25, 0.3) is 0 Å². The monoisotopic (exact) mass is 276 g/mol. The van der Waals surface area contributed by atoms with Crippen LogP contribution in [0.5, 0.6) is 0 Å². The van der Waals surface area contributed by atoms with E-state index in [4.69, 9.17) is 4.74 Å². The van der Waals surface area contributed by atoms with E-state index < -0.39 is 5.60 Å². The number of nitrogens with one attached hydrogen (secondary N) is 1. The van der Waals surface area contributed by atoms with Crippen LogP contribution < -0.4 is 5.32 Å². The van der Waals surface area contributed by atoms with Crippen LogP contribution in [0.15, 0.2) is 0 Å². The molecular weight excluding hydrogens is 252 g/mol. The van der Waals surface area contributed by atoms with Crippen molar-refractivity contribution in [3.63, 3.8) is 0 Å². The smallest absolute Gasteiger partial charge is 0.410 e. The molecule has 1 N–H and O–H groups in total. The summed E-state index contributed by atoms with van der Waals surface area (Å²) in [7, 11) is 0. The van der Waals surface area contributed by atoms with E-state index in [1.54, 1.807) is 0 Å². The summed E-state index contributed by atoms with van der Waals surface area (Å²) in [5.41, 5.74) is -0.318. The average Bonchev–Trinajstić information content (AvgIpc) is 2.60. The first kappa shape index (κ1) is 15.6. The van der Waals surface area contributed by atoms with E-state index in [9.17, 15) is 4.79 Å². The fourth-order valence-electron chi connectivity index (χ4n) is 2.95. The third kappa shape index (κ3) is 3.29. The van der Waals surface area contributed by atoms with Gasteiger partial charge in [0, 0.05) is 12.1 Å². The van der Waals surface area contributed by atoms with Crippen LogP contribution in [0.2, 0.25) is 0 Å². The predicted molar refractivity (Wildman–Crippen MR) is 74.3 cm³/mol. The Morgan fingerprint density at radius 1 is 1.22 bits per heavy atom. The van der Waals surface area contributed by atoms with Crippen LogP contribution in [-0.4, -0.2) is 41.8 Å². The van der Waals surface area contributed by atoms with Gasteiger partial charge < -0.3 is 15.0 Å². The summed E-state index contributed by atoms with van der Waals surface area (Å²) in [4.78, 5) is 14.2. The minimum absolute atomic E-state index is 0. The van der Waals surface area contributed by atoms with Crippen molar-refractivity contribution in [1.29, 1.82) is 0 Å². The van der Waals surface area contributed by atoms with Gasteiger partial charge in [0.15, 0.2) is 0 Å². The zero-order valence-corrected chi connectivity index (χ0v) is 12.4. The van der Waals surface area contributed by atoms with Crippen LogP contribution >= 0.6 is 12.4 Å². The number of halogens is 1. The van der Waals surface area contributed by atoms with Gasteiger partial charge in [-0.25, -0.2) is 4.79 Å². The summed E-state index contributed by atoms with van der Waals surface area (Å²) < 4.78 is 5.52. The van der Waals surface area contributed by atoms with Gasteiger partial charge in [0.2, 0.25) is 0 Å². The molecule has 2 aliphatic rings. The molecule has 4 nitrogen and oxygen atoms in total. The molecule has 2 aliphatic heterocycles. The number of likely N-dealkylation sites (tertiary alicyclic amines) is 1. The average molecular weight is 277 g/mol. The number of piperidine rings is 1. The van der Waals surface area contributed by atoms with Gasteiger partial charge >= 0.3 is 6.09 Å². The Balaban J connectivity index is 0.00000162. The second-order valence-corrected chi connectivity index (χ2v) is 6.21. The van der Waals surface area contributed by atoms with E-state index in [2.05, 4.69) is 5.32 Å². The van der Waals surface area contributed by atoms with Crippen LogP contribution in [0.4, 0.5) is 4.79 Å². The molecule has 0 aromatic heterocycles. The standard InChI is InChI=1S/C13H24N2O2.ClH/c1-12(2,3)17-11(16)15-10-4-5-13(15)6-8-14-9-7-13;/h14H,4-10H2,1-3H3;1H. The lowest BCUT2D eigenvalue weighted by Crippen LogP contribution is -2.54. The van der Waals surface area contributed by atoms with Crippen molar-refractivity contribution in [2.75, 3.05) is 19.6 Å². The number of hydrogen-bond donors (Lipinski definition) is 1. The highest BCUT2D eigenvalue weighted by Crippen LogP contribution is 2.37. The maximum absolute atomic E-state index is 12.2. The molecular formula is C13H25ClN2O2. The third-order valence-corrected chi connectivity index (χ3v) is 3.74. The molecule has 2 fully saturated rings. The van der Waals surface area contributed by atoms with Crippen molar-refractivity contribution in [1.82, 2.24) is 10.2 Å². The molecule has 2 heterocycles. The van der Waals surface area contributed by atoms with Crippen molar-refractivity contribution in [2.45, 2.75) is 57.6 Å². The zero-order valence-electron chi connectivity index (χ0n) is 11.6. The minimum Gasteiger partial charge on any atom is -0.444 e. The lowest BCUT2D eigenvalue weighted by Gasteiger charge is -2.42. The summed E-state index contributed by atoms with van der Waals surface area (Å²) in [5.74, 6) is 0. The van der Waals surface area contributed by atoms with Crippen molar-refractivity contribution in [3.8, 4) is 0 Å².